The fourth-order valence-electron chi connectivity index (χ4n) is 2.39. The predicted octanol–water partition coefficient (Wildman–Crippen LogP) is 3.24. The van der Waals surface area contributed by atoms with Crippen LogP contribution in [0.15, 0.2) is 6.20 Å². The van der Waals surface area contributed by atoms with E-state index in [2.05, 4.69) is 58.2 Å². The van der Waals surface area contributed by atoms with E-state index in [1.807, 2.05) is 11.7 Å². The van der Waals surface area contributed by atoms with Crippen LogP contribution in [0.2, 0.25) is 0 Å². The average molecular weight is 251 g/mol. The number of aryl methyl sites for hydroxylation is 1. The van der Waals surface area contributed by atoms with Crippen LogP contribution in [-0.4, -0.2) is 15.8 Å². The summed E-state index contributed by atoms with van der Waals surface area (Å²) in [5.41, 5.74) is 2.64. The van der Waals surface area contributed by atoms with Crippen LogP contribution in [0.3, 0.4) is 0 Å². The van der Waals surface area contributed by atoms with Gasteiger partial charge in [0.1, 0.15) is 0 Å². The molecule has 1 unspecified atom stereocenters. The molecule has 104 valence electrons. The molecule has 1 atom stereocenters. The van der Waals surface area contributed by atoms with E-state index >= 15 is 0 Å². The summed E-state index contributed by atoms with van der Waals surface area (Å²) in [6.07, 6.45) is 3.31. The monoisotopic (exact) mass is 251 g/mol. The molecule has 0 fully saturated rings. The Labute approximate surface area is 112 Å². The van der Waals surface area contributed by atoms with Crippen molar-refractivity contribution >= 4 is 0 Å². The Balaban J connectivity index is 2.79. The molecular formula is C15H29N3. The summed E-state index contributed by atoms with van der Waals surface area (Å²) >= 11 is 0. The molecule has 0 aliphatic rings. The molecule has 1 rings (SSSR count). The van der Waals surface area contributed by atoms with Crippen LogP contribution < -0.4 is 5.32 Å². The van der Waals surface area contributed by atoms with E-state index < -0.39 is 0 Å². The molecule has 0 amide bonds. The Bertz CT molecular complexity index is 372. The highest BCUT2D eigenvalue weighted by molar-refractivity contribution is 5.23. The molecule has 0 bridgehead atoms. The summed E-state index contributed by atoms with van der Waals surface area (Å²) in [5, 5.41) is 8.26. The molecule has 0 spiro atoms. The van der Waals surface area contributed by atoms with E-state index in [4.69, 9.17) is 0 Å². The van der Waals surface area contributed by atoms with E-state index in [0.717, 1.165) is 6.54 Å². The third-order valence-corrected chi connectivity index (χ3v) is 3.41. The molecule has 18 heavy (non-hydrogen) atoms. The van der Waals surface area contributed by atoms with Crippen molar-refractivity contribution in [1.82, 2.24) is 15.1 Å². The lowest BCUT2D eigenvalue weighted by atomic mass is 9.89. The van der Waals surface area contributed by atoms with Gasteiger partial charge in [-0.3, -0.25) is 4.68 Å². The average Bonchev–Trinajstić information content (AvgIpc) is 2.59. The van der Waals surface area contributed by atoms with Crippen LogP contribution in [0, 0.1) is 5.92 Å². The summed E-state index contributed by atoms with van der Waals surface area (Å²) in [4.78, 5) is 0. The highest BCUT2D eigenvalue weighted by Crippen LogP contribution is 2.24. The number of nitrogens with one attached hydrogen (secondary N) is 1. The lowest BCUT2D eigenvalue weighted by molar-refractivity contribution is 0.385. The van der Waals surface area contributed by atoms with Gasteiger partial charge in [-0.1, -0.05) is 41.5 Å². The van der Waals surface area contributed by atoms with E-state index in [9.17, 15) is 0 Å². The molecule has 1 aromatic heterocycles. The number of hydrogen-bond acceptors (Lipinski definition) is 2. The Kier molecular flexibility index (Phi) is 4.97. The van der Waals surface area contributed by atoms with Crippen molar-refractivity contribution < 1.29 is 0 Å². The van der Waals surface area contributed by atoms with Crippen LogP contribution in [0.1, 0.15) is 59.2 Å². The van der Waals surface area contributed by atoms with E-state index in [-0.39, 0.29) is 5.41 Å². The normalized spacial score (nSPS) is 14.2. The maximum Gasteiger partial charge on any atom is 0.0722 e. The van der Waals surface area contributed by atoms with Gasteiger partial charge in [0.05, 0.1) is 5.69 Å². The summed E-state index contributed by atoms with van der Waals surface area (Å²) in [6.45, 7) is 14.4. The number of hydrogen-bond donors (Lipinski definition) is 1. The van der Waals surface area contributed by atoms with Crippen LogP contribution in [0.25, 0.3) is 0 Å². The molecule has 0 aromatic carbocycles. The molecule has 0 radical (unpaired) electrons. The minimum atomic E-state index is 0.109. The van der Waals surface area contributed by atoms with Gasteiger partial charge in [-0.15, -0.1) is 0 Å². The molecule has 0 aliphatic carbocycles. The van der Waals surface area contributed by atoms with Gasteiger partial charge in [-0.2, -0.15) is 5.10 Å². The zero-order valence-corrected chi connectivity index (χ0v) is 13.0. The Morgan fingerprint density at radius 3 is 2.39 bits per heavy atom. The van der Waals surface area contributed by atoms with Gasteiger partial charge in [0, 0.05) is 36.8 Å². The molecular weight excluding hydrogens is 222 g/mol. The molecule has 1 aromatic rings. The molecule has 1 N–H and O–H groups in total. The molecule has 0 saturated carbocycles. The van der Waals surface area contributed by atoms with Gasteiger partial charge in [0.15, 0.2) is 0 Å². The van der Waals surface area contributed by atoms with Crippen molar-refractivity contribution in [3.8, 4) is 0 Å². The zero-order valence-electron chi connectivity index (χ0n) is 13.0. The van der Waals surface area contributed by atoms with Crippen LogP contribution in [0.5, 0.6) is 0 Å². The molecule has 3 heteroatoms. The Hall–Kier alpha value is -0.830. The lowest BCUT2D eigenvalue weighted by Gasteiger charge is -2.22. The maximum absolute atomic E-state index is 4.61. The van der Waals surface area contributed by atoms with Crippen molar-refractivity contribution in [3.63, 3.8) is 0 Å². The highest BCUT2D eigenvalue weighted by atomic mass is 15.3. The van der Waals surface area contributed by atoms with E-state index in [1.165, 1.54) is 17.7 Å². The molecule has 0 aliphatic heterocycles. The first-order chi connectivity index (χ1) is 8.25. The standard InChI is InChI=1S/C15H29N3/c1-8-13(11(2)3)16-9-12-10-18(7)17-14(12)15(4,5)6/h10-11,13,16H,8-9H2,1-7H3. The number of nitrogens with zero attached hydrogens (tertiary/aromatic N) is 2. The van der Waals surface area contributed by atoms with Crippen LogP contribution >= 0.6 is 0 Å². The van der Waals surface area contributed by atoms with Crippen molar-refractivity contribution in [1.29, 1.82) is 0 Å². The first kappa shape index (κ1) is 15.2. The lowest BCUT2D eigenvalue weighted by Crippen LogP contribution is -2.33. The summed E-state index contributed by atoms with van der Waals surface area (Å²) in [5.74, 6) is 0.671. The Morgan fingerprint density at radius 2 is 1.94 bits per heavy atom. The summed E-state index contributed by atoms with van der Waals surface area (Å²) in [7, 11) is 2.00. The minimum absolute atomic E-state index is 0.109. The third kappa shape index (κ3) is 3.84. The van der Waals surface area contributed by atoms with Gasteiger partial charge >= 0.3 is 0 Å². The molecule has 0 saturated heterocycles. The van der Waals surface area contributed by atoms with Crippen LogP contribution in [-0.2, 0) is 19.0 Å². The maximum atomic E-state index is 4.61. The Morgan fingerprint density at radius 1 is 1.33 bits per heavy atom. The number of aromatic nitrogens is 2. The molecule has 3 nitrogen and oxygen atoms in total. The fourth-order valence-corrected chi connectivity index (χ4v) is 2.39. The molecule has 1 heterocycles. The summed E-state index contributed by atoms with van der Waals surface area (Å²) in [6, 6.07) is 0.582. The first-order valence-electron chi connectivity index (χ1n) is 7.02. The quantitative estimate of drug-likeness (QED) is 0.870. The van der Waals surface area contributed by atoms with Crippen molar-refractivity contribution in [2.75, 3.05) is 0 Å². The van der Waals surface area contributed by atoms with Gasteiger partial charge in [0.2, 0.25) is 0 Å². The highest BCUT2D eigenvalue weighted by Gasteiger charge is 2.22. The first-order valence-corrected chi connectivity index (χ1v) is 7.02. The second kappa shape index (κ2) is 5.87. The van der Waals surface area contributed by atoms with Gasteiger partial charge in [0.25, 0.3) is 0 Å². The van der Waals surface area contributed by atoms with Crippen molar-refractivity contribution in [2.45, 2.75) is 66.0 Å². The second-order valence-electron chi connectivity index (χ2n) is 6.57. The minimum Gasteiger partial charge on any atom is -0.310 e. The predicted molar refractivity (Wildman–Crippen MR) is 77.7 cm³/mol. The van der Waals surface area contributed by atoms with Gasteiger partial charge in [-0.05, 0) is 12.3 Å². The third-order valence-electron chi connectivity index (χ3n) is 3.41. The van der Waals surface area contributed by atoms with Gasteiger partial charge in [-0.25, -0.2) is 0 Å². The fraction of sp³-hybridized carbons (Fsp3) is 0.800. The topological polar surface area (TPSA) is 29.9 Å². The van der Waals surface area contributed by atoms with Crippen LogP contribution in [0.4, 0.5) is 0 Å². The smallest absolute Gasteiger partial charge is 0.0722 e. The largest absolute Gasteiger partial charge is 0.310 e. The van der Waals surface area contributed by atoms with Crippen molar-refractivity contribution in [2.24, 2.45) is 13.0 Å². The van der Waals surface area contributed by atoms with Crippen molar-refractivity contribution in [3.05, 3.63) is 17.5 Å². The van der Waals surface area contributed by atoms with E-state index in [1.54, 1.807) is 0 Å². The van der Waals surface area contributed by atoms with E-state index in [0.29, 0.717) is 12.0 Å². The zero-order chi connectivity index (χ0) is 13.9. The van der Waals surface area contributed by atoms with Gasteiger partial charge < -0.3 is 5.32 Å². The second-order valence-corrected chi connectivity index (χ2v) is 6.57. The summed E-state index contributed by atoms with van der Waals surface area (Å²) < 4.78 is 1.92. The number of rotatable bonds is 5. The SMILES string of the molecule is CCC(NCc1cn(C)nc1C(C)(C)C)C(C)C.